The molecule has 0 aliphatic rings. The third-order valence-corrected chi connectivity index (χ3v) is 6.77. The highest BCUT2D eigenvalue weighted by Gasteiger charge is 2.19. The van der Waals surface area contributed by atoms with Crippen LogP contribution in [0.2, 0.25) is 0 Å². The van der Waals surface area contributed by atoms with Gasteiger partial charge in [-0.2, -0.15) is 0 Å². The average molecular weight is 480 g/mol. The Morgan fingerprint density at radius 3 is 2.19 bits per heavy atom. The zero-order valence-electron chi connectivity index (χ0n) is 21.4. The van der Waals surface area contributed by atoms with Crippen molar-refractivity contribution < 1.29 is 18.6 Å². The second kappa shape index (κ2) is 9.42. The number of fused-ring (bicyclic) bond motifs is 1. The normalized spacial score (nSPS) is 11.1. The van der Waals surface area contributed by atoms with Gasteiger partial charge in [0.05, 0.1) is 39.5 Å². The van der Waals surface area contributed by atoms with E-state index in [1.807, 2.05) is 25.1 Å². The van der Waals surface area contributed by atoms with Crippen molar-refractivity contribution in [2.45, 2.75) is 20.8 Å². The minimum atomic E-state index is 0.649. The second-order valence-electron chi connectivity index (χ2n) is 8.89. The fourth-order valence-corrected chi connectivity index (χ4v) is 4.84. The summed E-state index contributed by atoms with van der Waals surface area (Å²) < 4.78 is 22.6. The Bertz CT molecular complexity index is 1570. The van der Waals surface area contributed by atoms with E-state index in [0.29, 0.717) is 11.5 Å². The van der Waals surface area contributed by atoms with Crippen LogP contribution in [0.4, 0.5) is 0 Å². The maximum Gasteiger partial charge on any atom is 0.168 e. The second-order valence-corrected chi connectivity index (χ2v) is 8.89. The van der Waals surface area contributed by atoms with Crippen molar-refractivity contribution in [1.82, 2.24) is 4.98 Å². The molecule has 0 bridgehead atoms. The first-order chi connectivity index (χ1) is 17.4. The highest BCUT2D eigenvalue weighted by atomic mass is 16.5. The zero-order chi connectivity index (χ0) is 25.4. The molecule has 0 saturated carbocycles. The monoisotopic (exact) mass is 479 g/mol. The first-order valence-electron chi connectivity index (χ1n) is 11.8. The van der Waals surface area contributed by atoms with Crippen molar-refractivity contribution in [3.63, 3.8) is 0 Å². The Morgan fingerprint density at radius 1 is 0.722 bits per heavy atom. The van der Waals surface area contributed by atoms with E-state index in [-0.39, 0.29) is 0 Å². The number of aryl methyl sites for hydroxylation is 2. The van der Waals surface area contributed by atoms with Gasteiger partial charge in [-0.25, -0.2) is 0 Å². The SMILES string of the molecule is COc1cc(-c2cc3cc(C)c(C)c(OC)c3c(C)n2)cc(-c2cccc(-c3ccoc3)c2)c1OC. The largest absolute Gasteiger partial charge is 0.496 e. The molecule has 2 aromatic heterocycles. The quantitative estimate of drug-likeness (QED) is 0.249. The molecular weight excluding hydrogens is 450 g/mol. The van der Waals surface area contributed by atoms with Crippen molar-refractivity contribution in [2.75, 3.05) is 21.3 Å². The maximum atomic E-state index is 5.82. The fraction of sp³-hybridized carbons (Fsp3) is 0.194. The molecule has 5 heteroatoms. The number of ether oxygens (including phenoxy) is 3. The highest BCUT2D eigenvalue weighted by molar-refractivity contribution is 5.95. The third kappa shape index (κ3) is 3.97. The van der Waals surface area contributed by atoms with Gasteiger partial charge in [-0.3, -0.25) is 4.98 Å². The van der Waals surface area contributed by atoms with Crippen LogP contribution in [0.1, 0.15) is 16.8 Å². The van der Waals surface area contributed by atoms with Gasteiger partial charge in [-0.15, -0.1) is 0 Å². The first-order valence-corrected chi connectivity index (χ1v) is 11.8. The van der Waals surface area contributed by atoms with Crippen LogP contribution in [0.25, 0.3) is 44.3 Å². The molecule has 0 saturated heterocycles. The standard InChI is InChI=1S/C31H29NO4/c1-18-12-25-15-27(32-20(3)29(25)30(34-5)19(18)2)24-14-26(31(35-6)28(16-24)33-4)22-9-7-8-21(13-22)23-10-11-36-17-23/h7-17H,1-6H3. The van der Waals surface area contributed by atoms with Gasteiger partial charge in [0.2, 0.25) is 0 Å². The van der Waals surface area contributed by atoms with Crippen LogP contribution in [0.15, 0.2) is 71.5 Å². The summed E-state index contributed by atoms with van der Waals surface area (Å²) in [5, 5.41) is 2.13. The van der Waals surface area contributed by atoms with Crippen molar-refractivity contribution in [1.29, 1.82) is 0 Å². The summed E-state index contributed by atoms with van der Waals surface area (Å²) in [6.45, 7) is 6.21. The smallest absolute Gasteiger partial charge is 0.168 e. The summed E-state index contributed by atoms with van der Waals surface area (Å²) in [6.07, 6.45) is 3.42. The summed E-state index contributed by atoms with van der Waals surface area (Å²) in [6, 6.07) is 18.7. The van der Waals surface area contributed by atoms with Crippen LogP contribution < -0.4 is 14.2 Å². The molecule has 5 nitrogen and oxygen atoms in total. The van der Waals surface area contributed by atoms with Gasteiger partial charge >= 0.3 is 0 Å². The minimum absolute atomic E-state index is 0.649. The lowest BCUT2D eigenvalue weighted by Crippen LogP contribution is -1.98. The summed E-state index contributed by atoms with van der Waals surface area (Å²) in [7, 11) is 5.03. The van der Waals surface area contributed by atoms with Gasteiger partial charge in [0.15, 0.2) is 11.5 Å². The van der Waals surface area contributed by atoms with Crippen LogP contribution >= 0.6 is 0 Å². The van der Waals surface area contributed by atoms with Gasteiger partial charge in [-0.1, -0.05) is 24.3 Å². The predicted molar refractivity (Wildman–Crippen MR) is 144 cm³/mol. The summed E-state index contributed by atoms with van der Waals surface area (Å²) in [5.74, 6) is 2.21. The number of pyridine rings is 1. The lowest BCUT2D eigenvalue weighted by atomic mass is 9.95. The number of aromatic nitrogens is 1. The molecule has 0 aliphatic heterocycles. The van der Waals surface area contributed by atoms with Crippen molar-refractivity contribution in [3.8, 4) is 50.8 Å². The van der Waals surface area contributed by atoms with E-state index in [2.05, 4.69) is 50.2 Å². The van der Waals surface area contributed by atoms with E-state index in [1.165, 1.54) is 5.56 Å². The lowest BCUT2D eigenvalue weighted by molar-refractivity contribution is 0.356. The summed E-state index contributed by atoms with van der Waals surface area (Å²) >= 11 is 0. The van der Waals surface area contributed by atoms with E-state index in [1.54, 1.807) is 33.9 Å². The minimum Gasteiger partial charge on any atom is -0.496 e. The Kier molecular flexibility index (Phi) is 6.15. The molecule has 2 heterocycles. The molecule has 0 aliphatic carbocycles. The van der Waals surface area contributed by atoms with Gasteiger partial charge in [-0.05, 0) is 78.7 Å². The number of hydrogen-bond acceptors (Lipinski definition) is 5. The van der Waals surface area contributed by atoms with Crippen molar-refractivity contribution >= 4 is 10.8 Å². The third-order valence-electron chi connectivity index (χ3n) is 6.77. The van der Waals surface area contributed by atoms with E-state index < -0.39 is 0 Å². The van der Waals surface area contributed by atoms with Crippen LogP contribution in [0, 0.1) is 20.8 Å². The number of benzene rings is 3. The van der Waals surface area contributed by atoms with Crippen LogP contribution in [0.3, 0.4) is 0 Å². The van der Waals surface area contributed by atoms with Crippen molar-refractivity contribution in [3.05, 3.63) is 83.9 Å². The molecule has 0 amide bonds. The average Bonchev–Trinajstić information content (AvgIpc) is 3.44. The molecule has 0 N–H and O–H groups in total. The molecule has 0 radical (unpaired) electrons. The molecule has 0 atom stereocenters. The van der Waals surface area contributed by atoms with Crippen molar-refractivity contribution in [2.24, 2.45) is 0 Å². The Balaban J connectivity index is 1.72. The molecule has 3 aromatic carbocycles. The molecule has 5 rings (SSSR count). The number of rotatable bonds is 6. The molecular formula is C31H29NO4. The number of hydrogen-bond donors (Lipinski definition) is 0. The first kappa shape index (κ1) is 23.5. The predicted octanol–water partition coefficient (Wildman–Crippen LogP) is 7.78. The Hall–Kier alpha value is -4.25. The highest BCUT2D eigenvalue weighted by Crippen LogP contribution is 2.43. The Labute approximate surface area is 211 Å². The number of methoxy groups -OCH3 is 3. The van der Waals surface area contributed by atoms with Crippen LogP contribution in [-0.2, 0) is 0 Å². The topological polar surface area (TPSA) is 53.7 Å². The molecule has 0 fully saturated rings. The fourth-order valence-electron chi connectivity index (χ4n) is 4.84. The molecule has 36 heavy (non-hydrogen) atoms. The Morgan fingerprint density at radius 2 is 1.50 bits per heavy atom. The van der Waals surface area contributed by atoms with Gasteiger partial charge in [0.1, 0.15) is 5.75 Å². The number of furan rings is 1. The van der Waals surface area contributed by atoms with Crippen LogP contribution in [0.5, 0.6) is 17.2 Å². The van der Waals surface area contributed by atoms with Gasteiger partial charge in [0.25, 0.3) is 0 Å². The lowest BCUT2D eigenvalue weighted by Gasteiger charge is -2.18. The molecule has 0 spiro atoms. The van der Waals surface area contributed by atoms with Crippen LogP contribution in [-0.4, -0.2) is 26.3 Å². The van der Waals surface area contributed by atoms with E-state index in [9.17, 15) is 0 Å². The van der Waals surface area contributed by atoms with E-state index in [0.717, 1.165) is 61.3 Å². The molecule has 182 valence electrons. The molecule has 0 unspecified atom stereocenters. The summed E-state index contributed by atoms with van der Waals surface area (Å²) in [4.78, 5) is 4.99. The van der Waals surface area contributed by atoms with E-state index >= 15 is 0 Å². The van der Waals surface area contributed by atoms with Gasteiger partial charge in [0, 0.05) is 27.8 Å². The maximum absolute atomic E-state index is 5.82. The number of nitrogens with zero attached hydrogens (tertiary/aromatic N) is 1. The summed E-state index contributed by atoms with van der Waals surface area (Å²) in [5.41, 5.74) is 9.05. The zero-order valence-corrected chi connectivity index (χ0v) is 21.4. The van der Waals surface area contributed by atoms with Gasteiger partial charge < -0.3 is 18.6 Å². The molecule has 5 aromatic rings. The van der Waals surface area contributed by atoms with E-state index in [4.69, 9.17) is 23.6 Å².